The molecule has 81 heavy (non-hydrogen) atoms. The molecule has 12 aromatic carbocycles. The fourth-order valence-electron chi connectivity index (χ4n) is 17.0. The molecule has 0 aliphatic heterocycles. The van der Waals surface area contributed by atoms with Crippen LogP contribution in [-0.4, -0.2) is 0 Å². The minimum atomic E-state index is -0.552. The van der Waals surface area contributed by atoms with Crippen molar-refractivity contribution in [2.75, 3.05) is 0 Å². The Hall–Kier alpha value is -9.36. The molecule has 0 N–H and O–H groups in total. The normalized spacial score (nSPS) is 15.1. The molecule has 6 aliphatic rings. The quantitative estimate of drug-likeness (QED) is 0.162. The van der Waals surface area contributed by atoms with Crippen molar-refractivity contribution in [2.45, 2.75) is 57.8 Å². The Morgan fingerprint density at radius 3 is 0.605 bits per heavy atom. The van der Waals surface area contributed by atoms with Crippen molar-refractivity contribution in [2.24, 2.45) is 0 Å². The van der Waals surface area contributed by atoms with Crippen LogP contribution in [0.3, 0.4) is 0 Å². The molecule has 0 unspecified atom stereocenters. The largest absolute Gasteiger partial charge is 0.0725 e. The van der Waals surface area contributed by atoms with Gasteiger partial charge in [-0.05, 0) is 222 Å². The Kier molecular flexibility index (Phi) is 8.71. The van der Waals surface area contributed by atoms with Gasteiger partial charge in [0.25, 0.3) is 0 Å². The average molecular weight is 1030 g/mol. The third-order valence-corrected chi connectivity index (χ3v) is 20.2. The predicted molar refractivity (Wildman–Crippen MR) is 335 cm³/mol. The molecule has 12 aromatic rings. The van der Waals surface area contributed by atoms with Crippen LogP contribution in [0.15, 0.2) is 231 Å². The van der Waals surface area contributed by atoms with E-state index in [-0.39, 0.29) is 0 Å². The van der Waals surface area contributed by atoms with Gasteiger partial charge < -0.3 is 0 Å². The van der Waals surface area contributed by atoms with Crippen molar-refractivity contribution < 1.29 is 0 Å². The first-order valence-corrected chi connectivity index (χ1v) is 29.0. The zero-order valence-corrected chi connectivity index (χ0v) is 46.4. The molecule has 0 heteroatoms. The summed E-state index contributed by atoms with van der Waals surface area (Å²) in [5, 5.41) is 0. The van der Waals surface area contributed by atoms with Crippen LogP contribution in [0.25, 0.3) is 89.0 Å². The smallest absolute Gasteiger partial charge is 0.0619 e. The molecule has 0 fully saturated rings. The Labute approximate surface area is 474 Å². The summed E-state index contributed by atoms with van der Waals surface area (Å²) in [4.78, 5) is 0. The highest BCUT2D eigenvalue weighted by Gasteiger charge is 2.55. The lowest BCUT2D eigenvalue weighted by Crippen LogP contribution is -2.26. The highest BCUT2D eigenvalue weighted by atomic mass is 14.6. The first kappa shape index (κ1) is 45.5. The summed E-state index contributed by atoms with van der Waals surface area (Å²) in [6.07, 6.45) is 0. The molecule has 0 heterocycles. The third-order valence-electron chi connectivity index (χ3n) is 20.2. The predicted octanol–water partition coefficient (Wildman–Crippen LogP) is 19.9. The van der Waals surface area contributed by atoms with Gasteiger partial charge in [0.1, 0.15) is 0 Å². The van der Waals surface area contributed by atoms with Crippen molar-refractivity contribution in [3.8, 4) is 89.0 Å². The summed E-state index contributed by atoms with van der Waals surface area (Å²) in [5.41, 5.74) is 43.7. The molecule has 0 aromatic heterocycles. The number of fused-ring (bicyclic) bond motifs is 30. The van der Waals surface area contributed by atoms with E-state index in [4.69, 9.17) is 0 Å². The van der Waals surface area contributed by atoms with Crippen LogP contribution >= 0.6 is 0 Å². The second-order valence-corrected chi connectivity index (χ2v) is 24.7. The third kappa shape index (κ3) is 5.47. The molecule has 0 saturated carbocycles. The van der Waals surface area contributed by atoms with Crippen LogP contribution < -0.4 is 0 Å². The van der Waals surface area contributed by atoms with Crippen molar-refractivity contribution in [3.05, 3.63) is 331 Å². The van der Waals surface area contributed by atoms with Crippen molar-refractivity contribution >= 4 is 0 Å². The van der Waals surface area contributed by atoms with Crippen LogP contribution in [0.5, 0.6) is 0 Å². The van der Waals surface area contributed by atoms with Gasteiger partial charge in [0.15, 0.2) is 0 Å². The monoisotopic (exact) mass is 1030 g/mol. The number of aryl methyl sites for hydroxylation is 6. The second-order valence-electron chi connectivity index (χ2n) is 24.7. The van der Waals surface area contributed by atoms with E-state index in [9.17, 15) is 0 Å². The van der Waals surface area contributed by atoms with E-state index >= 15 is 0 Å². The molecular weight excluding hydrogens is 973 g/mol. The number of benzene rings is 12. The zero-order valence-electron chi connectivity index (χ0n) is 46.4. The molecule has 0 amide bonds. The second kappa shape index (κ2) is 15.5. The van der Waals surface area contributed by atoms with Gasteiger partial charge in [-0.3, -0.25) is 0 Å². The summed E-state index contributed by atoms with van der Waals surface area (Å²) in [6.45, 7) is 13.4. The van der Waals surface area contributed by atoms with Crippen molar-refractivity contribution in [1.29, 1.82) is 0 Å². The maximum Gasteiger partial charge on any atom is 0.0725 e. The summed E-state index contributed by atoms with van der Waals surface area (Å²) in [7, 11) is 0. The molecular formula is C81H56. The SMILES string of the molecule is Cc1ccc2c(c1)-c1cc(C)ccc1C21c2ccccc2-c2ccc(-c3ccc4c(c3)C3(c5ccc(C)cc5-c5cc(C)ccc53)c3cc(-c5ccc6c(c5)C5(c7ccccc7-6)c6ccc(C)cc6-c6cc(C)ccc65)ccc3-4)cc21. The molecule has 0 saturated heterocycles. The molecule has 0 atom stereocenters. The van der Waals surface area contributed by atoms with E-state index in [1.807, 2.05) is 0 Å². The van der Waals surface area contributed by atoms with Crippen molar-refractivity contribution in [3.63, 3.8) is 0 Å². The number of rotatable bonds is 2. The van der Waals surface area contributed by atoms with Crippen molar-refractivity contribution in [1.82, 2.24) is 0 Å². The van der Waals surface area contributed by atoms with Gasteiger partial charge in [-0.15, -0.1) is 0 Å². The highest BCUT2D eigenvalue weighted by Crippen LogP contribution is 2.67. The Morgan fingerprint density at radius 2 is 0.358 bits per heavy atom. The molecule has 6 aliphatic carbocycles. The summed E-state index contributed by atoms with van der Waals surface area (Å²) in [5.74, 6) is 0. The molecule has 380 valence electrons. The summed E-state index contributed by atoms with van der Waals surface area (Å²) in [6, 6.07) is 91.3. The Balaban J connectivity index is 0.855. The van der Waals surface area contributed by atoms with Gasteiger partial charge >= 0.3 is 0 Å². The maximum absolute atomic E-state index is 2.59. The lowest BCUT2D eigenvalue weighted by molar-refractivity contribution is 0.791. The topological polar surface area (TPSA) is 0 Å². The van der Waals surface area contributed by atoms with Crippen LogP contribution in [0.4, 0.5) is 0 Å². The van der Waals surface area contributed by atoms with E-state index < -0.39 is 16.2 Å². The van der Waals surface area contributed by atoms with E-state index in [2.05, 4.69) is 272 Å². The van der Waals surface area contributed by atoms with E-state index in [1.54, 1.807) is 0 Å². The first-order valence-electron chi connectivity index (χ1n) is 29.0. The number of hydrogen-bond donors (Lipinski definition) is 0. The highest BCUT2D eigenvalue weighted by molar-refractivity contribution is 6.01. The van der Waals surface area contributed by atoms with Crippen LogP contribution in [0.1, 0.15) is 100 Å². The molecule has 0 nitrogen and oxygen atoms in total. The standard InChI is InChI=1S/C81H56/c1-45-15-29-69-61(35-45)62-36-46(2)16-30-70(62)79(69)67-13-9-7-11-55(67)57-25-21-51(41-75(57)79)53-23-27-59-60-28-24-54(44-78(60)81(77(59)43-53)73-33-19-49(5)39-65(73)66-40-50(6)20-34-74(66)81)52-22-26-58-56-12-8-10-14-68(56)80(76(58)42-52)71-31-17-47(3)37-63(71)64-38-48(4)18-32-72(64)80/h7-44H,1-6H3. The lowest BCUT2D eigenvalue weighted by Gasteiger charge is -2.32. The zero-order chi connectivity index (χ0) is 54.0. The lowest BCUT2D eigenvalue weighted by atomic mass is 9.69. The maximum atomic E-state index is 2.59. The van der Waals surface area contributed by atoms with Gasteiger partial charge in [0.2, 0.25) is 0 Å². The molecule has 18 rings (SSSR count). The Morgan fingerprint density at radius 1 is 0.160 bits per heavy atom. The number of hydrogen-bond acceptors (Lipinski definition) is 0. The fraction of sp³-hybridized carbons (Fsp3) is 0.111. The first-order chi connectivity index (χ1) is 39.6. The Bertz CT molecular complexity index is 4480. The molecule has 0 bridgehead atoms. The van der Waals surface area contributed by atoms with Gasteiger partial charge in [-0.25, -0.2) is 0 Å². The summed E-state index contributed by atoms with van der Waals surface area (Å²) < 4.78 is 0. The van der Waals surface area contributed by atoms with Crippen LogP contribution in [0.2, 0.25) is 0 Å². The minimum Gasteiger partial charge on any atom is -0.0619 e. The molecule has 3 spiro atoms. The van der Waals surface area contributed by atoms with E-state index in [0.717, 1.165) is 0 Å². The van der Waals surface area contributed by atoms with Gasteiger partial charge in [0, 0.05) is 0 Å². The van der Waals surface area contributed by atoms with Gasteiger partial charge in [-0.1, -0.05) is 240 Å². The summed E-state index contributed by atoms with van der Waals surface area (Å²) >= 11 is 0. The van der Waals surface area contributed by atoms with E-state index in [1.165, 1.54) is 189 Å². The van der Waals surface area contributed by atoms with Gasteiger partial charge in [0.05, 0.1) is 16.2 Å². The minimum absolute atomic E-state index is 0.430. The molecule has 0 radical (unpaired) electrons. The van der Waals surface area contributed by atoms with Crippen LogP contribution in [0, 0.1) is 41.5 Å². The average Bonchev–Trinajstić information content (AvgIpc) is 2.31. The van der Waals surface area contributed by atoms with Crippen LogP contribution in [-0.2, 0) is 16.2 Å². The fourth-order valence-corrected chi connectivity index (χ4v) is 17.0. The van der Waals surface area contributed by atoms with E-state index in [0.29, 0.717) is 0 Å². The van der Waals surface area contributed by atoms with Gasteiger partial charge in [-0.2, -0.15) is 0 Å².